The second-order valence-corrected chi connectivity index (χ2v) is 4.56. The van der Waals surface area contributed by atoms with Crippen molar-refractivity contribution in [2.45, 2.75) is 19.0 Å². The molecule has 0 aliphatic heterocycles. The van der Waals surface area contributed by atoms with E-state index < -0.39 is 23.6 Å². The highest BCUT2D eigenvalue weighted by molar-refractivity contribution is 5.86. The molecule has 2 rings (SSSR count). The summed E-state index contributed by atoms with van der Waals surface area (Å²) in [6.45, 7) is 1.65. The maximum absolute atomic E-state index is 12.7. The van der Waals surface area contributed by atoms with Gasteiger partial charge in [-0.25, -0.2) is 0 Å². The molecular formula is C15H13F3O2. The van der Waals surface area contributed by atoms with Crippen molar-refractivity contribution in [3.05, 3.63) is 47.5 Å². The second-order valence-electron chi connectivity index (χ2n) is 4.56. The zero-order chi connectivity index (χ0) is 14.9. The molecule has 1 unspecified atom stereocenters. The van der Waals surface area contributed by atoms with Gasteiger partial charge in [0.2, 0.25) is 0 Å². The molecule has 1 atom stereocenters. The minimum Gasteiger partial charge on any atom is -0.469 e. The highest BCUT2D eigenvalue weighted by Crippen LogP contribution is 2.32. The molecule has 2 aromatic rings. The van der Waals surface area contributed by atoms with Crippen LogP contribution in [0.5, 0.6) is 0 Å². The van der Waals surface area contributed by atoms with E-state index in [1.165, 1.54) is 13.2 Å². The summed E-state index contributed by atoms with van der Waals surface area (Å²) >= 11 is 0. The van der Waals surface area contributed by atoms with Crippen molar-refractivity contribution in [1.82, 2.24) is 0 Å². The molecule has 2 aromatic carbocycles. The lowest BCUT2D eigenvalue weighted by Gasteiger charge is -2.12. The van der Waals surface area contributed by atoms with Crippen LogP contribution < -0.4 is 0 Å². The summed E-state index contributed by atoms with van der Waals surface area (Å²) in [7, 11) is 1.28. The summed E-state index contributed by atoms with van der Waals surface area (Å²) in [6, 6.07) is 8.56. The molecular weight excluding hydrogens is 269 g/mol. The number of methoxy groups -OCH3 is 1. The standard InChI is InChI=1S/C15H13F3O2/c1-9(14(19)20-2)11-4-3-10-5-6-13(15(16,17)18)8-12(10)7-11/h3-9H,1-2H3. The van der Waals surface area contributed by atoms with Gasteiger partial charge in [0.15, 0.2) is 0 Å². The summed E-state index contributed by atoms with van der Waals surface area (Å²) in [5.41, 5.74) is -0.0726. The van der Waals surface area contributed by atoms with E-state index >= 15 is 0 Å². The average molecular weight is 282 g/mol. The first-order chi connectivity index (χ1) is 9.32. The lowest BCUT2D eigenvalue weighted by Crippen LogP contribution is -2.10. The number of carbonyl (C=O) groups is 1. The summed E-state index contributed by atoms with van der Waals surface area (Å²) < 4.78 is 42.7. The molecule has 0 fully saturated rings. The Hall–Kier alpha value is -2.04. The van der Waals surface area contributed by atoms with Gasteiger partial charge in [0.05, 0.1) is 18.6 Å². The van der Waals surface area contributed by atoms with Gasteiger partial charge in [0.25, 0.3) is 0 Å². The Labute approximate surface area is 114 Å². The van der Waals surface area contributed by atoms with E-state index in [2.05, 4.69) is 4.74 Å². The van der Waals surface area contributed by atoms with E-state index in [1.54, 1.807) is 25.1 Å². The maximum atomic E-state index is 12.7. The molecule has 5 heteroatoms. The molecule has 0 aliphatic rings. The van der Waals surface area contributed by atoms with Crippen molar-refractivity contribution >= 4 is 16.7 Å². The van der Waals surface area contributed by atoms with E-state index in [4.69, 9.17) is 0 Å². The third-order valence-electron chi connectivity index (χ3n) is 3.25. The molecule has 0 N–H and O–H groups in total. The average Bonchev–Trinajstić information content (AvgIpc) is 2.43. The van der Waals surface area contributed by atoms with Gasteiger partial charge in [-0.3, -0.25) is 4.79 Å². The zero-order valence-corrected chi connectivity index (χ0v) is 11.0. The van der Waals surface area contributed by atoms with Crippen molar-refractivity contribution in [3.8, 4) is 0 Å². The molecule has 0 aromatic heterocycles. The van der Waals surface area contributed by atoms with Crippen LogP contribution in [0.15, 0.2) is 36.4 Å². The maximum Gasteiger partial charge on any atom is 0.416 e. The molecule has 0 heterocycles. The van der Waals surface area contributed by atoms with Crippen LogP contribution in [-0.2, 0) is 15.7 Å². The van der Waals surface area contributed by atoms with E-state index in [0.717, 1.165) is 12.1 Å². The quantitative estimate of drug-likeness (QED) is 0.774. The van der Waals surface area contributed by atoms with Crippen molar-refractivity contribution in [2.75, 3.05) is 7.11 Å². The van der Waals surface area contributed by atoms with E-state index in [9.17, 15) is 18.0 Å². The first-order valence-corrected chi connectivity index (χ1v) is 6.01. The van der Waals surface area contributed by atoms with Crippen LogP contribution in [0.1, 0.15) is 24.0 Å². The predicted molar refractivity (Wildman–Crippen MR) is 69.4 cm³/mol. The number of esters is 1. The number of alkyl halides is 3. The molecule has 0 radical (unpaired) electrons. The number of ether oxygens (including phenoxy) is 1. The number of halogens is 3. The monoisotopic (exact) mass is 282 g/mol. The first kappa shape index (κ1) is 14.4. The van der Waals surface area contributed by atoms with Crippen LogP contribution in [-0.4, -0.2) is 13.1 Å². The van der Waals surface area contributed by atoms with E-state index in [-0.39, 0.29) is 0 Å². The van der Waals surface area contributed by atoms with Crippen LogP contribution in [0.2, 0.25) is 0 Å². The Morgan fingerprint density at radius 1 is 1.10 bits per heavy atom. The largest absolute Gasteiger partial charge is 0.469 e. The predicted octanol–water partition coefficient (Wildman–Crippen LogP) is 4.14. The van der Waals surface area contributed by atoms with Crippen LogP contribution in [0, 0.1) is 0 Å². The third kappa shape index (κ3) is 2.76. The van der Waals surface area contributed by atoms with Crippen molar-refractivity contribution in [1.29, 1.82) is 0 Å². The smallest absolute Gasteiger partial charge is 0.416 e. The fourth-order valence-electron chi connectivity index (χ4n) is 2.02. The minimum atomic E-state index is -4.38. The Balaban J connectivity index is 2.49. The SMILES string of the molecule is COC(=O)C(C)c1ccc2ccc(C(F)(F)F)cc2c1. The van der Waals surface area contributed by atoms with Crippen molar-refractivity contribution in [3.63, 3.8) is 0 Å². The molecule has 20 heavy (non-hydrogen) atoms. The highest BCUT2D eigenvalue weighted by Gasteiger charge is 2.30. The summed E-state index contributed by atoms with van der Waals surface area (Å²) in [4.78, 5) is 11.5. The zero-order valence-electron chi connectivity index (χ0n) is 11.0. The summed E-state index contributed by atoms with van der Waals surface area (Å²) in [5.74, 6) is -0.935. The van der Waals surface area contributed by atoms with Crippen molar-refractivity contribution in [2.24, 2.45) is 0 Å². The van der Waals surface area contributed by atoms with Gasteiger partial charge in [-0.1, -0.05) is 24.3 Å². The number of carbonyl (C=O) groups excluding carboxylic acids is 1. The number of hydrogen-bond donors (Lipinski definition) is 0. The van der Waals surface area contributed by atoms with E-state index in [1.807, 2.05) is 0 Å². The lowest BCUT2D eigenvalue weighted by molar-refractivity contribution is -0.142. The number of benzene rings is 2. The molecule has 0 aliphatic carbocycles. The van der Waals surface area contributed by atoms with Gasteiger partial charge in [0, 0.05) is 0 Å². The van der Waals surface area contributed by atoms with Crippen LogP contribution in [0.4, 0.5) is 13.2 Å². The fraction of sp³-hybridized carbons (Fsp3) is 0.267. The minimum absolute atomic E-state index is 0.420. The Morgan fingerprint density at radius 3 is 2.35 bits per heavy atom. The Kier molecular flexibility index (Phi) is 3.70. The number of rotatable bonds is 2. The third-order valence-corrected chi connectivity index (χ3v) is 3.25. The molecule has 0 amide bonds. The van der Waals surface area contributed by atoms with Crippen LogP contribution in [0.25, 0.3) is 10.8 Å². The van der Waals surface area contributed by atoms with Crippen molar-refractivity contribution < 1.29 is 22.7 Å². The van der Waals surface area contributed by atoms with Gasteiger partial charge in [-0.05, 0) is 35.4 Å². The fourth-order valence-corrected chi connectivity index (χ4v) is 2.02. The Morgan fingerprint density at radius 2 is 1.75 bits per heavy atom. The molecule has 2 nitrogen and oxygen atoms in total. The molecule has 0 saturated heterocycles. The van der Waals surface area contributed by atoms with Gasteiger partial charge in [0.1, 0.15) is 0 Å². The van der Waals surface area contributed by atoms with Gasteiger partial charge in [-0.15, -0.1) is 0 Å². The molecule has 0 saturated carbocycles. The van der Waals surface area contributed by atoms with Gasteiger partial charge in [-0.2, -0.15) is 13.2 Å². The highest BCUT2D eigenvalue weighted by atomic mass is 19.4. The summed E-state index contributed by atoms with van der Waals surface area (Å²) in [5, 5.41) is 1.15. The topological polar surface area (TPSA) is 26.3 Å². The molecule has 106 valence electrons. The first-order valence-electron chi connectivity index (χ1n) is 6.01. The Bertz CT molecular complexity index is 647. The normalized spacial score (nSPS) is 13.2. The number of fused-ring (bicyclic) bond motifs is 1. The summed E-state index contributed by atoms with van der Waals surface area (Å²) in [6.07, 6.45) is -4.38. The van der Waals surface area contributed by atoms with Gasteiger partial charge < -0.3 is 4.74 Å². The van der Waals surface area contributed by atoms with Gasteiger partial charge >= 0.3 is 12.1 Å². The van der Waals surface area contributed by atoms with Crippen LogP contribution >= 0.6 is 0 Å². The van der Waals surface area contributed by atoms with Crippen LogP contribution in [0.3, 0.4) is 0 Å². The lowest BCUT2D eigenvalue weighted by atomic mass is 9.97. The molecule has 0 spiro atoms. The second kappa shape index (κ2) is 5.15. The van der Waals surface area contributed by atoms with E-state index in [0.29, 0.717) is 16.3 Å². The molecule has 0 bridgehead atoms. The number of hydrogen-bond acceptors (Lipinski definition) is 2.